The fourth-order valence-electron chi connectivity index (χ4n) is 1.21. The first-order valence-corrected chi connectivity index (χ1v) is 5.21. The largest absolute Gasteiger partial charge is 0.466 e. The summed E-state index contributed by atoms with van der Waals surface area (Å²) in [5.74, 6) is -0.512. The number of carbonyl (C=O) groups is 1. The van der Waals surface area contributed by atoms with E-state index in [1.807, 2.05) is 0 Å². The van der Waals surface area contributed by atoms with Gasteiger partial charge in [0.15, 0.2) is 0 Å². The molecule has 4 nitrogen and oxygen atoms in total. The molecule has 0 amide bonds. The summed E-state index contributed by atoms with van der Waals surface area (Å²) in [6.07, 6.45) is -1.84. The number of alkyl halides is 2. The Morgan fingerprint density at radius 3 is 2.82 bits per heavy atom. The van der Waals surface area contributed by atoms with Gasteiger partial charge in [0.2, 0.25) is 0 Å². The molecule has 0 saturated carbocycles. The van der Waals surface area contributed by atoms with Crippen LogP contribution in [0, 0.1) is 0 Å². The van der Waals surface area contributed by atoms with E-state index in [-0.39, 0.29) is 29.3 Å². The lowest BCUT2D eigenvalue weighted by atomic mass is 10.1. The first-order valence-electron chi connectivity index (χ1n) is 4.83. The second-order valence-electron chi connectivity index (χ2n) is 3.18. The molecule has 1 rings (SSSR count). The molecule has 0 unspecified atom stereocenters. The fourth-order valence-corrected chi connectivity index (χ4v) is 1.47. The number of nitrogens with two attached hydrogens (primary N) is 1. The number of hydrogen-bond donors (Lipinski definition) is 1. The van der Waals surface area contributed by atoms with Crippen molar-refractivity contribution in [1.82, 2.24) is 4.98 Å². The number of nitrogens with zero attached hydrogens (tertiary/aromatic N) is 1. The van der Waals surface area contributed by atoms with E-state index in [2.05, 4.69) is 4.98 Å². The van der Waals surface area contributed by atoms with Crippen LogP contribution in [0.5, 0.6) is 0 Å². The quantitative estimate of drug-likeness (QED) is 0.848. The second kappa shape index (κ2) is 5.77. The summed E-state index contributed by atoms with van der Waals surface area (Å²) >= 11 is 5.63. The molecule has 0 aromatic carbocycles. The maximum absolute atomic E-state index is 12.4. The normalized spacial score (nSPS) is 10.6. The topological polar surface area (TPSA) is 65.2 Å². The summed E-state index contributed by atoms with van der Waals surface area (Å²) in [5, 5.41) is -0.318. The monoisotopic (exact) mass is 264 g/mol. The summed E-state index contributed by atoms with van der Waals surface area (Å²) < 4.78 is 29.6. The van der Waals surface area contributed by atoms with E-state index in [1.165, 1.54) is 0 Å². The van der Waals surface area contributed by atoms with E-state index in [4.69, 9.17) is 22.1 Å². The van der Waals surface area contributed by atoms with Crippen molar-refractivity contribution in [3.63, 3.8) is 0 Å². The van der Waals surface area contributed by atoms with Gasteiger partial charge in [0, 0.05) is 11.8 Å². The van der Waals surface area contributed by atoms with Gasteiger partial charge in [-0.25, -0.2) is 8.78 Å². The molecule has 0 aliphatic heterocycles. The molecule has 0 fully saturated rings. The minimum Gasteiger partial charge on any atom is -0.466 e. The molecular formula is C10H11ClF2N2O2. The van der Waals surface area contributed by atoms with Crippen molar-refractivity contribution >= 4 is 23.3 Å². The van der Waals surface area contributed by atoms with Crippen LogP contribution in [0.3, 0.4) is 0 Å². The SMILES string of the molecule is CCOC(=O)Cc1cnc(C(F)F)c(Cl)c1N. The maximum atomic E-state index is 12.4. The molecular weight excluding hydrogens is 254 g/mol. The average Bonchev–Trinajstić information content (AvgIpc) is 2.25. The Labute approximate surface area is 102 Å². The number of ether oxygens (including phenoxy) is 1. The Balaban J connectivity index is 2.96. The van der Waals surface area contributed by atoms with Crippen molar-refractivity contribution in [1.29, 1.82) is 0 Å². The van der Waals surface area contributed by atoms with Crippen LogP contribution in [0.1, 0.15) is 24.6 Å². The molecule has 17 heavy (non-hydrogen) atoms. The van der Waals surface area contributed by atoms with E-state index in [9.17, 15) is 13.6 Å². The van der Waals surface area contributed by atoms with E-state index in [0.717, 1.165) is 6.20 Å². The number of halogens is 3. The van der Waals surface area contributed by atoms with Gasteiger partial charge in [-0.2, -0.15) is 0 Å². The van der Waals surface area contributed by atoms with Gasteiger partial charge in [-0.15, -0.1) is 0 Å². The third-order valence-electron chi connectivity index (χ3n) is 2.01. The molecule has 0 aliphatic carbocycles. The van der Waals surface area contributed by atoms with Gasteiger partial charge in [-0.1, -0.05) is 11.6 Å². The summed E-state index contributed by atoms with van der Waals surface area (Å²) in [6.45, 7) is 1.89. The molecule has 0 saturated heterocycles. The first kappa shape index (κ1) is 13.6. The van der Waals surface area contributed by atoms with Crippen LogP contribution in [0.15, 0.2) is 6.20 Å². The molecule has 0 radical (unpaired) electrons. The highest BCUT2D eigenvalue weighted by molar-refractivity contribution is 6.33. The predicted octanol–water partition coefficient (Wildman–Crippen LogP) is 2.36. The van der Waals surface area contributed by atoms with Crippen molar-refractivity contribution in [3.8, 4) is 0 Å². The zero-order chi connectivity index (χ0) is 13.0. The number of anilines is 1. The number of pyridine rings is 1. The Bertz CT molecular complexity index is 427. The van der Waals surface area contributed by atoms with Crippen LogP contribution in [0.2, 0.25) is 5.02 Å². The average molecular weight is 265 g/mol. The van der Waals surface area contributed by atoms with Gasteiger partial charge < -0.3 is 10.5 Å². The number of nitrogen functional groups attached to an aromatic ring is 1. The molecule has 1 heterocycles. The van der Waals surface area contributed by atoms with Crippen LogP contribution in [0.25, 0.3) is 0 Å². The Kier molecular flexibility index (Phi) is 4.62. The summed E-state index contributed by atoms with van der Waals surface area (Å²) in [6, 6.07) is 0. The van der Waals surface area contributed by atoms with Crippen molar-refractivity contribution in [2.24, 2.45) is 0 Å². The van der Waals surface area contributed by atoms with Gasteiger partial charge in [0.25, 0.3) is 6.43 Å². The standard InChI is InChI=1S/C10H11ClF2N2O2/c1-2-17-6(16)3-5-4-15-9(10(12)13)7(11)8(5)14/h4,10H,2-3H2,1H3,(H2,14,15). The minimum absolute atomic E-state index is 0.0648. The molecule has 0 aliphatic rings. The molecule has 1 aromatic heterocycles. The van der Waals surface area contributed by atoms with E-state index < -0.39 is 18.1 Å². The molecule has 1 aromatic rings. The Morgan fingerprint density at radius 1 is 1.65 bits per heavy atom. The molecule has 7 heteroatoms. The summed E-state index contributed by atoms with van der Waals surface area (Å²) in [5.41, 5.74) is 5.18. The van der Waals surface area contributed by atoms with Crippen LogP contribution in [0.4, 0.5) is 14.5 Å². The zero-order valence-electron chi connectivity index (χ0n) is 9.04. The van der Waals surface area contributed by atoms with Crippen LogP contribution in [-0.4, -0.2) is 17.6 Å². The van der Waals surface area contributed by atoms with Crippen LogP contribution >= 0.6 is 11.6 Å². The minimum atomic E-state index is -2.80. The number of hydrogen-bond acceptors (Lipinski definition) is 4. The van der Waals surface area contributed by atoms with Gasteiger partial charge in [-0.3, -0.25) is 9.78 Å². The number of carbonyl (C=O) groups excluding carboxylic acids is 1. The highest BCUT2D eigenvalue weighted by Crippen LogP contribution is 2.31. The highest BCUT2D eigenvalue weighted by Gasteiger charge is 2.19. The predicted molar refractivity (Wildman–Crippen MR) is 59.0 cm³/mol. The highest BCUT2D eigenvalue weighted by atomic mass is 35.5. The maximum Gasteiger partial charge on any atom is 0.310 e. The molecule has 0 bridgehead atoms. The third kappa shape index (κ3) is 3.26. The zero-order valence-corrected chi connectivity index (χ0v) is 9.80. The Morgan fingerprint density at radius 2 is 2.29 bits per heavy atom. The van der Waals surface area contributed by atoms with Gasteiger partial charge >= 0.3 is 5.97 Å². The fraction of sp³-hybridized carbons (Fsp3) is 0.400. The Hall–Kier alpha value is -1.43. The third-order valence-corrected chi connectivity index (χ3v) is 2.41. The van der Waals surface area contributed by atoms with Crippen molar-refractivity contribution in [2.75, 3.05) is 12.3 Å². The lowest BCUT2D eigenvalue weighted by Crippen LogP contribution is -2.10. The summed E-state index contributed by atoms with van der Waals surface area (Å²) in [4.78, 5) is 14.7. The van der Waals surface area contributed by atoms with E-state index in [0.29, 0.717) is 0 Å². The van der Waals surface area contributed by atoms with Crippen LogP contribution < -0.4 is 5.73 Å². The lowest BCUT2D eigenvalue weighted by molar-refractivity contribution is -0.142. The number of rotatable bonds is 4. The second-order valence-corrected chi connectivity index (χ2v) is 3.56. The van der Waals surface area contributed by atoms with Gasteiger partial charge in [-0.05, 0) is 6.92 Å². The van der Waals surface area contributed by atoms with Gasteiger partial charge in [0.05, 0.1) is 23.7 Å². The lowest BCUT2D eigenvalue weighted by Gasteiger charge is -2.09. The molecule has 0 spiro atoms. The van der Waals surface area contributed by atoms with Crippen molar-refractivity contribution < 1.29 is 18.3 Å². The number of aromatic nitrogens is 1. The van der Waals surface area contributed by atoms with E-state index >= 15 is 0 Å². The molecule has 0 atom stereocenters. The molecule has 94 valence electrons. The number of esters is 1. The first-order chi connectivity index (χ1) is 7.97. The van der Waals surface area contributed by atoms with Crippen molar-refractivity contribution in [2.45, 2.75) is 19.8 Å². The van der Waals surface area contributed by atoms with Gasteiger partial charge in [0.1, 0.15) is 5.69 Å². The van der Waals surface area contributed by atoms with E-state index in [1.54, 1.807) is 6.92 Å². The summed E-state index contributed by atoms with van der Waals surface area (Å²) in [7, 11) is 0. The molecule has 2 N–H and O–H groups in total. The van der Waals surface area contributed by atoms with Crippen molar-refractivity contribution in [3.05, 3.63) is 22.5 Å². The smallest absolute Gasteiger partial charge is 0.310 e. The van der Waals surface area contributed by atoms with Crippen LogP contribution in [-0.2, 0) is 16.0 Å².